The summed E-state index contributed by atoms with van der Waals surface area (Å²) in [5.74, 6) is -0.554. The highest BCUT2D eigenvalue weighted by molar-refractivity contribution is 7.89. The Hall–Kier alpha value is -2.25. The highest BCUT2D eigenvalue weighted by atomic mass is 32.2. The van der Waals surface area contributed by atoms with Crippen molar-refractivity contribution in [2.24, 2.45) is 0 Å². The van der Waals surface area contributed by atoms with Crippen molar-refractivity contribution in [2.75, 3.05) is 7.11 Å². The molecule has 1 N–H and O–H groups in total. The highest BCUT2D eigenvalue weighted by Crippen LogP contribution is 2.25. The Morgan fingerprint density at radius 2 is 1.63 bits per heavy atom. The molecule has 0 amide bonds. The third-order valence-corrected chi connectivity index (χ3v) is 6.69. The minimum atomic E-state index is -3.71. The van der Waals surface area contributed by atoms with Crippen LogP contribution in [-0.4, -0.2) is 21.5 Å². The first kappa shape index (κ1) is 24.0. The number of halogens is 1. The third-order valence-electron chi connectivity index (χ3n) is 5.05. The van der Waals surface area contributed by atoms with Gasteiger partial charge in [-0.25, -0.2) is 17.5 Å². The average Bonchev–Trinajstić information content (AvgIpc) is 2.72. The minimum absolute atomic E-state index is 0.197. The molecular weight excluding hydrogens is 405 g/mol. The number of carbonyl (C=O) groups is 1. The van der Waals surface area contributed by atoms with E-state index < -0.39 is 16.1 Å². The van der Waals surface area contributed by atoms with Crippen LogP contribution in [0, 0.1) is 12.7 Å². The zero-order valence-corrected chi connectivity index (χ0v) is 18.4. The van der Waals surface area contributed by atoms with Crippen molar-refractivity contribution in [3.63, 3.8) is 0 Å². The molecule has 1 unspecified atom stereocenters. The average molecular weight is 436 g/mol. The maximum absolute atomic E-state index is 13.3. The first-order valence-corrected chi connectivity index (χ1v) is 11.7. The molecule has 0 bridgehead atoms. The highest BCUT2D eigenvalue weighted by Gasteiger charge is 2.22. The van der Waals surface area contributed by atoms with Crippen LogP contribution < -0.4 is 4.72 Å². The molecule has 30 heavy (non-hydrogen) atoms. The monoisotopic (exact) mass is 435 g/mol. The first-order chi connectivity index (χ1) is 14.3. The summed E-state index contributed by atoms with van der Waals surface area (Å²) in [5.41, 5.74) is 1.41. The molecule has 0 saturated heterocycles. The smallest absolute Gasteiger partial charge is 0.305 e. The summed E-state index contributed by atoms with van der Waals surface area (Å²) < 4.78 is 46.7. The topological polar surface area (TPSA) is 72.5 Å². The molecule has 2 aromatic rings. The Morgan fingerprint density at radius 3 is 2.30 bits per heavy atom. The zero-order valence-electron chi connectivity index (χ0n) is 17.6. The molecule has 0 spiro atoms. The van der Waals surface area contributed by atoms with Gasteiger partial charge in [0.25, 0.3) is 0 Å². The summed E-state index contributed by atoms with van der Waals surface area (Å²) in [4.78, 5) is 11.4. The van der Waals surface area contributed by atoms with Gasteiger partial charge in [-0.3, -0.25) is 4.79 Å². The number of hydrogen-bond donors (Lipinski definition) is 1. The fraction of sp³-hybridized carbons (Fsp3) is 0.435. The predicted molar refractivity (Wildman–Crippen MR) is 115 cm³/mol. The number of nitrogens with one attached hydrogen (secondary N) is 1. The minimum Gasteiger partial charge on any atom is -0.469 e. The zero-order chi connectivity index (χ0) is 22.0. The number of esters is 1. The molecule has 2 aromatic carbocycles. The fourth-order valence-electron chi connectivity index (χ4n) is 3.35. The van der Waals surface area contributed by atoms with Crippen molar-refractivity contribution in [1.29, 1.82) is 0 Å². The Labute approximate surface area is 178 Å². The lowest BCUT2D eigenvalue weighted by Gasteiger charge is -2.20. The second-order valence-corrected chi connectivity index (χ2v) is 9.06. The van der Waals surface area contributed by atoms with Crippen molar-refractivity contribution < 1.29 is 22.3 Å². The van der Waals surface area contributed by atoms with Crippen LogP contribution in [0.15, 0.2) is 53.4 Å². The summed E-state index contributed by atoms with van der Waals surface area (Å²) >= 11 is 0. The fourth-order valence-corrected chi connectivity index (χ4v) is 4.85. The van der Waals surface area contributed by atoms with Crippen molar-refractivity contribution in [1.82, 2.24) is 4.72 Å². The molecule has 7 heteroatoms. The quantitative estimate of drug-likeness (QED) is 0.374. The van der Waals surface area contributed by atoms with Crippen molar-refractivity contribution in [3.8, 4) is 0 Å². The number of methoxy groups -OCH3 is 1. The Balaban J connectivity index is 1.99. The second-order valence-electron chi connectivity index (χ2n) is 7.37. The van der Waals surface area contributed by atoms with Gasteiger partial charge in [-0.15, -0.1) is 0 Å². The second kappa shape index (κ2) is 11.8. The van der Waals surface area contributed by atoms with E-state index >= 15 is 0 Å². The number of aryl methyl sites for hydroxylation is 1. The lowest BCUT2D eigenvalue weighted by atomic mass is 10.0. The molecule has 1 atom stereocenters. The molecule has 5 nitrogen and oxygen atoms in total. The van der Waals surface area contributed by atoms with Crippen LogP contribution in [0.5, 0.6) is 0 Å². The van der Waals surface area contributed by atoms with Crippen LogP contribution in [0.2, 0.25) is 0 Å². The van der Waals surface area contributed by atoms with E-state index in [1.807, 2.05) is 0 Å². The normalized spacial score (nSPS) is 12.5. The van der Waals surface area contributed by atoms with E-state index in [2.05, 4.69) is 9.46 Å². The summed E-state index contributed by atoms with van der Waals surface area (Å²) in [6.07, 6.45) is 5.43. The summed E-state index contributed by atoms with van der Waals surface area (Å²) in [6.45, 7) is 1.76. The summed E-state index contributed by atoms with van der Waals surface area (Å²) in [7, 11) is -2.32. The molecule has 0 radical (unpaired) electrons. The van der Waals surface area contributed by atoms with Crippen LogP contribution in [-0.2, 0) is 19.6 Å². The maximum atomic E-state index is 13.3. The lowest BCUT2D eigenvalue weighted by Crippen LogP contribution is -2.29. The van der Waals surface area contributed by atoms with Crippen molar-refractivity contribution in [3.05, 3.63) is 65.5 Å². The molecule has 0 aliphatic rings. The largest absolute Gasteiger partial charge is 0.469 e. The van der Waals surface area contributed by atoms with Crippen LogP contribution in [0.1, 0.15) is 62.1 Å². The summed E-state index contributed by atoms with van der Waals surface area (Å²) in [6, 6.07) is 12.3. The van der Waals surface area contributed by atoms with Gasteiger partial charge in [0.1, 0.15) is 5.82 Å². The standard InChI is InChI=1S/C23H30FNO4S/c1-18-10-8-9-12-22(18)30(27,28)25-21(19-14-16-20(24)17-15-19)11-6-4-3-5-7-13-23(26)29-2/h8-10,12,14-17,21,25H,3-7,11,13H2,1-2H3. The van der Waals surface area contributed by atoms with Gasteiger partial charge < -0.3 is 4.74 Å². The molecule has 164 valence electrons. The molecule has 2 rings (SSSR count). The van der Waals surface area contributed by atoms with Gasteiger partial charge in [0.2, 0.25) is 10.0 Å². The molecule has 0 heterocycles. The summed E-state index contributed by atoms with van der Waals surface area (Å²) in [5, 5.41) is 0. The van der Waals surface area contributed by atoms with E-state index in [9.17, 15) is 17.6 Å². The predicted octanol–water partition coefficient (Wildman–Crippen LogP) is 5.06. The number of carbonyl (C=O) groups excluding carboxylic acids is 1. The van der Waals surface area contributed by atoms with Crippen LogP contribution >= 0.6 is 0 Å². The van der Waals surface area contributed by atoms with Crippen LogP contribution in [0.3, 0.4) is 0 Å². The number of sulfonamides is 1. The van der Waals surface area contributed by atoms with Crippen molar-refractivity contribution in [2.45, 2.75) is 62.8 Å². The Kier molecular flexibility index (Phi) is 9.46. The van der Waals surface area contributed by atoms with Gasteiger partial charge in [-0.05, 0) is 49.1 Å². The molecule has 0 aliphatic carbocycles. The molecule has 0 aliphatic heterocycles. The van der Waals surface area contributed by atoms with E-state index in [1.165, 1.54) is 19.2 Å². The molecule has 0 saturated carbocycles. The van der Waals surface area contributed by atoms with Crippen LogP contribution in [0.25, 0.3) is 0 Å². The van der Waals surface area contributed by atoms with Gasteiger partial charge in [0.15, 0.2) is 0 Å². The third kappa shape index (κ3) is 7.54. The number of ether oxygens (including phenoxy) is 1. The Bertz CT molecular complexity index is 913. The molecule has 0 fully saturated rings. The maximum Gasteiger partial charge on any atom is 0.305 e. The van der Waals surface area contributed by atoms with E-state index in [0.717, 1.165) is 37.7 Å². The Morgan fingerprint density at radius 1 is 1.00 bits per heavy atom. The number of rotatable bonds is 12. The van der Waals surface area contributed by atoms with E-state index in [-0.39, 0.29) is 16.7 Å². The lowest BCUT2D eigenvalue weighted by molar-refractivity contribution is -0.140. The van der Waals surface area contributed by atoms with Gasteiger partial charge >= 0.3 is 5.97 Å². The number of hydrogen-bond acceptors (Lipinski definition) is 4. The SMILES string of the molecule is COC(=O)CCCCCCCC(NS(=O)(=O)c1ccccc1C)c1ccc(F)cc1. The van der Waals surface area contributed by atoms with Gasteiger partial charge in [0.05, 0.1) is 12.0 Å². The van der Waals surface area contributed by atoms with E-state index in [0.29, 0.717) is 18.4 Å². The number of benzene rings is 2. The number of unbranched alkanes of at least 4 members (excludes halogenated alkanes) is 4. The van der Waals surface area contributed by atoms with Gasteiger partial charge in [-0.1, -0.05) is 56.0 Å². The van der Waals surface area contributed by atoms with E-state index in [1.54, 1.807) is 43.3 Å². The van der Waals surface area contributed by atoms with Gasteiger partial charge in [0, 0.05) is 12.5 Å². The van der Waals surface area contributed by atoms with Crippen LogP contribution in [0.4, 0.5) is 4.39 Å². The van der Waals surface area contributed by atoms with E-state index in [4.69, 9.17) is 0 Å². The molecule has 0 aromatic heterocycles. The first-order valence-electron chi connectivity index (χ1n) is 10.2. The van der Waals surface area contributed by atoms with Crippen molar-refractivity contribution >= 4 is 16.0 Å². The molecular formula is C23H30FNO4S. The van der Waals surface area contributed by atoms with Gasteiger partial charge in [-0.2, -0.15) is 0 Å².